The van der Waals surface area contributed by atoms with Gasteiger partial charge in [0.15, 0.2) is 11.1 Å². The van der Waals surface area contributed by atoms with Crippen LogP contribution in [-0.4, -0.2) is 31.2 Å². The van der Waals surface area contributed by atoms with Crippen molar-refractivity contribution in [2.45, 2.75) is 38.1 Å². The van der Waals surface area contributed by atoms with E-state index >= 15 is 0 Å². The summed E-state index contributed by atoms with van der Waals surface area (Å²) in [5.41, 5.74) is 2.94. The summed E-state index contributed by atoms with van der Waals surface area (Å²) in [4.78, 5) is 5.88. The van der Waals surface area contributed by atoms with Gasteiger partial charge in [-0.2, -0.15) is 0 Å². The van der Waals surface area contributed by atoms with Crippen LogP contribution < -0.4 is 20.1 Å². The van der Waals surface area contributed by atoms with E-state index in [1.807, 2.05) is 48.5 Å². The lowest BCUT2D eigenvalue weighted by Crippen LogP contribution is -2.39. The molecule has 1 fully saturated rings. The third kappa shape index (κ3) is 5.17. The van der Waals surface area contributed by atoms with E-state index in [1.54, 1.807) is 25.6 Å². The second-order valence-electron chi connectivity index (χ2n) is 7.63. The summed E-state index contributed by atoms with van der Waals surface area (Å²) in [7, 11) is 3.32. The molecule has 0 unspecified atom stereocenters. The van der Waals surface area contributed by atoms with Crippen molar-refractivity contribution >= 4 is 22.4 Å². The van der Waals surface area contributed by atoms with Gasteiger partial charge in [-0.3, -0.25) is 5.41 Å². The van der Waals surface area contributed by atoms with E-state index in [1.165, 1.54) is 19.3 Å². The van der Waals surface area contributed by atoms with Gasteiger partial charge in [-0.05, 0) is 66.9 Å². The average Bonchev–Trinajstić information content (AvgIpc) is 3.23. The summed E-state index contributed by atoms with van der Waals surface area (Å²) in [6.07, 6.45) is 5.99. The molecule has 0 amide bonds. The molecular weight excluding hydrogens is 408 g/mol. The molecule has 6 nitrogen and oxygen atoms in total. The first-order chi connectivity index (χ1) is 15.2. The van der Waals surface area contributed by atoms with Gasteiger partial charge in [-0.25, -0.2) is 4.98 Å². The fourth-order valence-electron chi connectivity index (χ4n) is 3.85. The first-order valence-electron chi connectivity index (χ1n) is 10.6. The number of rotatable bonds is 6. The lowest BCUT2D eigenvalue weighted by molar-refractivity contribution is 0.413. The summed E-state index contributed by atoms with van der Waals surface area (Å²) in [6.45, 7) is 0. The van der Waals surface area contributed by atoms with Gasteiger partial charge in [-0.1, -0.05) is 30.6 Å². The Morgan fingerprint density at radius 1 is 0.903 bits per heavy atom. The molecule has 1 saturated carbocycles. The highest BCUT2D eigenvalue weighted by Gasteiger charge is 2.18. The predicted octanol–water partition coefficient (Wildman–Crippen LogP) is 5.76. The zero-order valence-corrected chi connectivity index (χ0v) is 18.7. The summed E-state index contributed by atoms with van der Waals surface area (Å²) < 4.78 is 10.6. The highest BCUT2D eigenvalue weighted by atomic mass is 32.1. The number of guanidine groups is 1. The Balaban J connectivity index is 1.61. The predicted molar refractivity (Wildman–Crippen MR) is 127 cm³/mol. The van der Waals surface area contributed by atoms with Gasteiger partial charge in [-0.15, -0.1) is 0 Å². The van der Waals surface area contributed by atoms with Crippen molar-refractivity contribution in [3.05, 3.63) is 48.5 Å². The second-order valence-corrected chi connectivity index (χ2v) is 8.63. The van der Waals surface area contributed by atoms with Crippen molar-refractivity contribution in [3.8, 4) is 33.2 Å². The van der Waals surface area contributed by atoms with Crippen molar-refractivity contribution in [2.24, 2.45) is 0 Å². The van der Waals surface area contributed by atoms with Crippen LogP contribution >= 0.6 is 11.3 Å². The van der Waals surface area contributed by atoms with Gasteiger partial charge in [0.2, 0.25) is 0 Å². The van der Waals surface area contributed by atoms with Gasteiger partial charge in [0, 0.05) is 11.6 Å². The number of nitrogens with one attached hydrogen (secondary N) is 3. The molecule has 0 spiro atoms. The molecule has 0 bridgehead atoms. The number of hydrogen-bond acceptors (Lipinski definition) is 5. The average molecular weight is 437 g/mol. The number of benzene rings is 2. The first kappa shape index (κ1) is 21.2. The normalized spacial score (nSPS) is 14.1. The number of anilines is 1. The van der Waals surface area contributed by atoms with Crippen molar-refractivity contribution < 1.29 is 9.47 Å². The summed E-state index contributed by atoms with van der Waals surface area (Å²) >= 11 is 1.55. The van der Waals surface area contributed by atoms with E-state index in [0.29, 0.717) is 17.1 Å². The van der Waals surface area contributed by atoms with Gasteiger partial charge in [0.1, 0.15) is 11.5 Å². The number of hydrogen-bond donors (Lipinski definition) is 3. The number of thiazole rings is 1. The van der Waals surface area contributed by atoms with Gasteiger partial charge in [0.05, 0.1) is 24.8 Å². The third-order valence-electron chi connectivity index (χ3n) is 5.53. The highest BCUT2D eigenvalue weighted by Crippen LogP contribution is 2.40. The number of ether oxygens (including phenoxy) is 2. The monoisotopic (exact) mass is 436 g/mol. The summed E-state index contributed by atoms with van der Waals surface area (Å²) in [5.74, 6) is 1.93. The SMILES string of the molecule is COc1ccc(-c2nc(NC(=N)NC3CCCCC3)sc2-c2ccc(OC)cc2)cc1. The second kappa shape index (κ2) is 9.83. The molecule has 0 radical (unpaired) electrons. The Kier molecular flexibility index (Phi) is 6.72. The lowest BCUT2D eigenvalue weighted by atomic mass is 9.96. The molecule has 31 heavy (non-hydrogen) atoms. The van der Waals surface area contributed by atoms with Crippen molar-refractivity contribution in [1.82, 2.24) is 10.3 Å². The minimum Gasteiger partial charge on any atom is -0.497 e. The first-order valence-corrected chi connectivity index (χ1v) is 11.4. The molecule has 7 heteroatoms. The van der Waals surface area contributed by atoms with Gasteiger partial charge < -0.3 is 20.1 Å². The van der Waals surface area contributed by atoms with E-state index in [2.05, 4.69) is 10.6 Å². The largest absolute Gasteiger partial charge is 0.497 e. The van der Waals surface area contributed by atoms with Gasteiger partial charge in [0.25, 0.3) is 0 Å². The van der Waals surface area contributed by atoms with E-state index in [-0.39, 0.29) is 0 Å². The van der Waals surface area contributed by atoms with Crippen LogP contribution in [0.25, 0.3) is 21.7 Å². The van der Waals surface area contributed by atoms with Crippen LogP contribution in [0.2, 0.25) is 0 Å². The summed E-state index contributed by atoms with van der Waals surface area (Å²) in [5, 5.41) is 15.5. The van der Waals surface area contributed by atoms with Gasteiger partial charge >= 0.3 is 0 Å². The molecule has 1 heterocycles. The molecule has 3 aromatic rings. The number of nitrogens with zero attached hydrogens (tertiary/aromatic N) is 1. The molecule has 1 aliphatic rings. The van der Waals surface area contributed by atoms with Crippen molar-refractivity contribution in [3.63, 3.8) is 0 Å². The maximum Gasteiger partial charge on any atom is 0.194 e. The van der Waals surface area contributed by atoms with Crippen LogP contribution in [0.4, 0.5) is 5.13 Å². The van der Waals surface area contributed by atoms with Crippen LogP contribution in [0.5, 0.6) is 11.5 Å². The standard InChI is InChI=1S/C24H28N4O2S/c1-29-19-12-8-16(9-13-19)21-22(17-10-14-20(30-2)15-11-17)31-24(27-21)28-23(25)26-18-6-4-3-5-7-18/h8-15,18H,3-7H2,1-2H3,(H3,25,26,27,28). The highest BCUT2D eigenvalue weighted by molar-refractivity contribution is 7.19. The molecule has 3 N–H and O–H groups in total. The molecule has 0 atom stereocenters. The topological polar surface area (TPSA) is 79.3 Å². The Morgan fingerprint density at radius 2 is 1.48 bits per heavy atom. The maximum atomic E-state index is 8.37. The Labute approximate surface area is 187 Å². The van der Waals surface area contributed by atoms with E-state index in [4.69, 9.17) is 19.9 Å². The molecule has 2 aromatic carbocycles. The minimum absolute atomic E-state index is 0.309. The maximum absolute atomic E-state index is 8.37. The van der Waals surface area contributed by atoms with Crippen LogP contribution in [0.3, 0.4) is 0 Å². The molecule has 1 aliphatic carbocycles. The fourth-order valence-corrected chi connectivity index (χ4v) is 4.85. The minimum atomic E-state index is 0.309. The van der Waals surface area contributed by atoms with Crippen LogP contribution in [0.15, 0.2) is 48.5 Å². The smallest absolute Gasteiger partial charge is 0.194 e. The summed E-state index contributed by atoms with van der Waals surface area (Å²) in [6, 6.07) is 16.2. The number of aromatic nitrogens is 1. The Hall–Kier alpha value is -3.06. The van der Waals surface area contributed by atoms with Crippen LogP contribution in [0.1, 0.15) is 32.1 Å². The van der Waals surface area contributed by atoms with E-state index < -0.39 is 0 Å². The quantitative estimate of drug-likeness (QED) is 0.338. The molecule has 0 aliphatic heterocycles. The van der Waals surface area contributed by atoms with E-state index in [9.17, 15) is 0 Å². The Morgan fingerprint density at radius 3 is 2.06 bits per heavy atom. The number of methoxy groups -OCH3 is 2. The Bertz CT molecular complexity index is 944. The molecule has 4 rings (SSSR count). The zero-order chi connectivity index (χ0) is 21.6. The van der Waals surface area contributed by atoms with Crippen LogP contribution in [0, 0.1) is 5.41 Å². The van der Waals surface area contributed by atoms with Crippen LogP contribution in [-0.2, 0) is 0 Å². The molecular formula is C24H28N4O2S. The molecule has 1 aromatic heterocycles. The molecule has 0 saturated heterocycles. The molecule has 162 valence electrons. The van der Waals surface area contributed by atoms with E-state index in [0.717, 1.165) is 46.0 Å². The van der Waals surface area contributed by atoms with Crippen molar-refractivity contribution in [1.29, 1.82) is 5.41 Å². The van der Waals surface area contributed by atoms with Crippen molar-refractivity contribution in [2.75, 3.05) is 19.5 Å². The zero-order valence-electron chi connectivity index (χ0n) is 17.9. The fraction of sp³-hybridized carbons (Fsp3) is 0.333. The lowest BCUT2D eigenvalue weighted by Gasteiger charge is -2.23. The third-order valence-corrected chi connectivity index (χ3v) is 6.55.